The van der Waals surface area contributed by atoms with Crippen molar-refractivity contribution in [3.8, 4) is 12.3 Å². The zero-order valence-electron chi connectivity index (χ0n) is 10.3. The summed E-state index contributed by atoms with van der Waals surface area (Å²) in [6.45, 7) is 5.83. The summed E-state index contributed by atoms with van der Waals surface area (Å²) in [7, 11) is 0. The average Bonchev–Trinajstić information content (AvgIpc) is 2.58. The topological polar surface area (TPSA) is 12.0 Å². The summed E-state index contributed by atoms with van der Waals surface area (Å²) in [6.07, 6.45) is 14.1. The fourth-order valence-corrected chi connectivity index (χ4v) is 2.69. The number of hydrogen-bond donors (Lipinski definition) is 1. The molecule has 0 aromatic heterocycles. The predicted octanol–water partition coefficient (Wildman–Crippen LogP) is 3.35. The maximum absolute atomic E-state index is 5.29. The first-order chi connectivity index (χ1) is 7.20. The highest BCUT2D eigenvalue weighted by molar-refractivity contribution is 4.91. The van der Waals surface area contributed by atoms with Crippen molar-refractivity contribution in [3.05, 3.63) is 0 Å². The molecule has 2 unspecified atom stereocenters. The smallest absolute Gasteiger partial charge is 0.00862 e. The molecule has 0 aromatic rings. The van der Waals surface area contributed by atoms with Crippen LogP contribution in [0.5, 0.6) is 0 Å². The molecular formula is C14H25N. The van der Waals surface area contributed by atoms with Gasteiger partial charge in [-0.15, -0.1) is 12.3 Å². The summed E-state index contributed by atoms with van der Waals surface area (Å²) in [5, 5.41) is 3.64. The molecule has 0 spiro atoms. The van der Waals surface area contributed by atoms with Gasteiger partial charge in [0.25, 0.3) is 0 Å². The zero-order chi connectivity index (χ0) is 11.1. The van der Waals surface area contributed by atoms with Crippen LogP contribution in [0.25, 0.3) is 0 Å². The molecule has 1 saturated carbocycles. The number of hydrogen-bond acceptors (Lipinski definition) is 1. The molecule has 0 aliphatic heterocycles. The Morgan fingerprint density at radius 3 is 3.00 bits per heavy atom. The van der Waals surface area contributed by atoms with Gasteiger partial charge in [-0.2, -0.15) is 0 Å². The van der Waals surface area contributed by atoms with Crippen LogP contribution in [-0.2, 0) is 0 Å². The third kappa shape index (κ3) is 4.26. The molecule has 1 nitrogen and oxygen atoms in total. The Bertz CT molecular complexity index is 216. The highest BCUT2D eigenvalue weighted by Gasteiger charge is 2.33. The molecule has 0 aromatic carbocycles. The molecule has 1 heteroatoms. The fourth-order valence-electron chi connectivity index (χ4n) is 2.69. The van der Waals surface area contributed by atoms with Gasteiger partial charge in [0.15, 0.2) is 0 Å². The van der Waals surface area contributed by atoms with Crippen LogP contribution in [0.2, 0.25) is 0 Å². The maximum Gasteiger partial charge on any atom is 0.00862 e. The van der Waals surface area contributed by atoms with Crippen LogP contribution >= 0.6 is 0 Å². The molecule has 0 radical (unpaired) electrons. The fraction of sp³-hybridized carbons (Fsp3) is 0.857. The van der Waals surface area contributed by atoms with Gasteiger partial charge in [0.05, 0.1) is 0 Å². The lowest BCUT2D eigenvalue weighted by Gasteiger charge is -2.24. The van der Waals surface area contributed by atoms with Crippen LogP contribution in [0, 0.1) is 17.8 Å². The van der Waals surface area contributed by atoms with Crippen molar-refractivity contribution in [1.82, 2.24) is 5.32 Å². The van der Waals surface area contributed by atoms with E-state index in [1.54, 1.807) is 0 Å². The molecule has 1 aliphatic rings. The van der Waals surface area contributed by atoms with Gasteiger partial charge in [-0.3, -0.25) is 0 Å². The Morgan fingerprint density at radius 2 is 2.33 bits per heavy atom. The first-order valence-corrected chi connectivity index (χ1v) is 6.37. The molecule has 0 saturated heterocycles. The molecule has 86 valence electrons. The molecule has 1 fully saturated rings. The first-order valence-electron chi connectivity index (χ1n) is 6.37. The predicted molar refractivity (Wildman–Crippen MR) is 66.7 cm³/mol. The minimum atomic E-state index is 0.558. The van der Waals surface area contributed by atoms with Gasteiger partial charge in [0, 0.05) is 12.5 Å². The van der Waals surface area contributed by atoms with Gasteiger partial charge in [-0.1, -0.05) is 13.8 Å². The quantitative estimate of drug-likeness (QED) is 0.520. The van der Waals surface area contributed by atoms with Crippen molar-refractivity contribution in [1.29, 1.82) is 0 Å². The Morgan fingerprint density at radius 1 is 1.53 bits per heavy atom. The van der Waals surface area contributed by atoms with E-state index in [-0.39, 0.29) is 0 Å². The summed E-state index contributed by atoms with van der Waals surface area (Å²) in [6, 6.07) is 0.765. The van der Waals surface area contributed by atoms with E-state index in [4.69, 9.17) is 6.42 Å². The molecule has 1 rings (SSSR count). The molecule has 2 atom stereocenters. The van der Waals surface area contributed by atoms with E-state index in [0.717, 1.165) is 12.5 Å². The summed E-state index contributed by atoms with van der Waals surface area (Å²) < 4.78 is 0. The minimum absolute atomic E-state index is 0.558. The lowest BCUT2D eigenvalue weighted by Crippen LogP contribution is -2.28. The summed E-state index contributed by atoms with van der Waals surface area (Å²) in [5.41, 5.74) is 0.558. The maximum atomic E-state index is 5.29. The van der Waals surface area contributed by atoms with Crippen molar-refractivity contribution in [2.24, 2.45) is 5.41 Å². The SMILES string of the molecule is C#CCCCC1(C)CCC(NCCC)C1. The molecule has 0 bridgehead atoms. The molecule has 1 aliphatic carbocycles. The Balaban J connectivity index is 2.23. The van der Waals surface area contributed by atoms with Crippen LogP contribution in [0.3, 0.4) is 0 Å². The summed E-state index contributed by atoms with van der Waals surface area (Å²) in [5.74, 6) is 2.74. The largest absolute Gasteiger partial charge is 0.314 e. The molecule has 15 heavy (non-hydrogen) atoms. The third-order valence-electron chi connectivity index (χ3n) is 3.62. The van der Waals surface area contributed by atoms with E-state index in [1.165, 1.54) is 45.1 Å². The summed E-state index contributed by atoms with van der Waals surface area (Å²) in [4.78, 5) is 0. The van der Waals surface area contributed by atoms with Crippen LogP contribution in [0.15, 0.2) is 0 Å². The molecule has 0 amide bonds. The van der Waals surface area contributed by atoms with Gasteiger partial charge in [-0.05, 0) is 50.5 Å². The monoisotopic (exact) mass is 207 g/mol. The van der Waals surface area contributed by atoms with Crippen LogP contribution < -0.4 is 5.32 Å². The first kappa shape index (κ1) is 12.6. The van der Waals surface area contributed by atoms with Gasteiger partial charge in [-0.25, -0.2) is 0 Å². The van der Waals surface area contributed by atoms with Crippen molar-refractivity contribution in [2.75, 3.05) is 6.54 Å². The van der Waals surface area contributed by atoms with Gasteiger partial charge < -0.3 is 5.32 Å². The Hall–Kier alpha value is -0.480. The number of terminal acetylenes is 1. The van der Waals surface area contributed by atoms with Crippen LogP contribution in [0.1, 0.15) is 58.8 Å². The van der Waals surface area contributed by atoms with Gasteiger partial charge in [0.2, 0.25) is 0 Å². The standard InChI is InChI=1S/C14H25N/c1-4-6-7-9-14(3)10-8-13(12-14)15-11-5-2/h1,13,15H,5-12H2,2-3H3. The Kier molecular flexibility index (Phi) is 5.19. The van der Waals surface area contributed by atoms with Crippen molar-refractivity contribution >= 4 is 0 Å². The van der Waals surface area contributed by atoms with Gasteiger partial charge in [0.1, 0.15) is 0 Å². The number of unbranched alkanes of at least 4 members (excludes halogenated alkanes) is 1. The third-order valence-corrected chi connectivity index (χ3v) is 3.62. The molecule has 1 N–H and O–H groups in total. The number of rotatable bonds is 6. The molecular weight excluding hydrogens is 182 g/mol. The van der Waals surface area contributed by atoms with E-state index in [0.29, 0.717) is 5.41 Å². The van der Waals surface area contributed by atoms with Crippen molar-refractivity contribution in [2.45, 2.75) is 64.8 Å². The average molecular weight is 207 g/mol. The highest BCUT2D eigenvalue weighted by atomic mass is 14.9. The van der Waals surface area contributed by atoms with Gasteiger partial charge >= 0.3 is 0 Å². The van der Waals surface area contributed by atoms with E-state index in [9.17, 15) is 0 Å². The van der Waals surface area contributed by atoms with E-state index < -0.39 is 0 Å². The minimum Gasteiger partial charge on any atom is -0.314 e. The second kappa shape index (κ2) is 6.18. The van der Waals surface area contributed by atoms with Crippen LogP contribution in [-0.4, -0.2) is 12.6 Å². The van der Waals surface area contributed by atoms with E-state index >= 15 is 0 Å². The lowest BCUT2D eigenvalue weighted by atomic mass is 9.83. The van der Waals surface area contributed by atoms with E-state index in [1.807, 2.05) is 0 Å². The number of nitrogens with one attached hydrogen (secondary N) is 1. The summed E-state index contributed by atoms with van der Waals surface area (Å²) >= 11 is 0. The van der Waals surface area contributed by atoms with Crippen molar-refractivity contribution < 1.29 is 0 Å². The van der Waals surface area contributed by atoms with Crippen LogP contribution in [0.4, 0.5) is 0 Å². The molecule has 0 heterocycles. The second-order valence-corrected chi connectivity index (χ2v) is 5.26. The highest BCUT2D eigenvalue weighted by Crippen LogP contribution is 2.41. The Labute approximate surface area is 95.0 Å². The lowest BCUT2D eigenvalue weighted by molar-refractivity contribution is 0.291. The van der Waals surface area contributed by atoms with Crippen molar-refractivity contribution in [3.63, 3.8) is 0 Å². The zero-order valence-corrected chi connectivity index (χ0v) is 10.3. The normalized spacial score (nSPS) is 30.3. The second-order valence-electron chi connectivity index (χ2n) is 5.26. The van der Waals surface area contributed by atoms with E-state index in [2.05, 4.69) is 25.1 Å².